The molecule has 0 radical (unpaired) electrons. The summed E-state index contributed by atoms with van der Waals surface area (Å²) in [6.07, 6.45) is 2.82. The monoisotopic (exact) mass is 726 g/mol. The highest BCUT2D eigenvalue weighted by Gasteiger charge is 2.31. The summed E-state index contributed by atoms with van der Waals surface area (Å²) in [4.78, 5) is 41.4. The lowest BCUT2D eigenvalue weighted by Crippen LogP contribution is -2.34. The van der Waals surface area contributed by atoms with Crippen molar-refractivity contribution in [3.63, 3.8) is 0 Å². The number of aliphatic hydroxyl groups is 7. The molecule has 51 heavy (non-hydrogen) atoms. The molecule has 0 aromatic heterocycles. The summed E-state index contributed by atoms with van der Waals surface area (Å²) in [6.45, 7) is 4.89. The second kappa shape index (κ2) is 23.5. The van der Waals surface area contributed by atoms with Crippen LogP contribution in [-0.4, -0.2) is 112 Å². The first kappa shape index (κ1) is 47.0. The molecule has 2 aromatic rings. The number of carboxylic acids is 4. The van der Waals surface area contributed by atoms with Gasteiger partial charge in [-0.3, -0.25) is 0 Å². The number of unbranched alkanes of at least 4 members (excludes halogenated alkanes) is 1. The Kier molecular flexibility index (Phi) is 21.7. The third kappa shape index (κ3) is 18.7. The fourth-order valence-electron chi connectivity index (χ4n) is 5.23. The van der Waals surface area contributed by atoms with E-state index < -0.39 is 47.3 Å². The lowest BCUT2D eigenvalue weighted by Gasteiger charge is -2.33. The van der Waals surface area contributed by atoms with E-state index >= 15 is 0 Å². The fraction of sp³-hybridized carbons (Fsp3) is 0.556. The van der Waals surface area contributed by atoms with Crippen LogP contribution in [0.3, 0.4) is 0 Å². The second-order valence-corrected chi connectivity index (χ2v) is 13.4. The molecule has 0 spiro atoms. The minimum absolute atomic E-state index is 0.0186. The van der Waals surface area contributed by atoms with Crippen LogP contribution in [-0.2, 0) is 0 Å². The number of benzene rings is 2. The summed E-state index contributed by atoms with van der Waals surface area (Å²) in [5.41, 5.74) is -1.36. The zero-order chi connectivity index (χ0) is 39.4. The summed E-state index contributed by atoms with van der Waals surface area (Å²) in [7, 11) is 0. The van der Waals surface area contributed by atoms with E-state index in [4.69, 9.17) is 30.6 Å². The highest BCUT2D eigenvalue weighted by atomic mass is 16.5. The van der Waals surface area contributed by atoms with E-state index in [9.17, 15) is 44.7 Å². The third-order valence-electron chi connectivity index (χ3n) is 8.46. The van der Waals surface area contributed by atoms with E-state index in [-0.39, 0.29) is 53.9 Å². The Bertz CT molecular complexity index is 1260. The zero-order valence-electron chi connectivity index (χ0n) is 29.3. The first-order valence-electron chi connectivity index (χ1n) is 16.4. The number of aromatic carboxylic acids is 4. The van der Waals surface area contributed by atoms with Gasteiger partial charge in [0.25, 0.3) is 0 Å². The number of rotatable bonds is 20. The van der Waals surface area contributed by atoms with Gasteiger partial charge in [-0.2, -0.15) is 0 Å². The van der Waals surface area contributed by atoms with Crippen molar-refractivity contribution in [1.29, 1.82) is 0 Å². The molecule has 2 rings (SSSR count). The summed E-state index contributed by atoms with van der Waals surface area (Å²) in [5, 5.41) is 99.5. The molecule has 15 heteroatoms. The number of carboxylic acid groups (broad SMARTS) is 4. The van der Waals surface area contributed by atoms with Crippen LogP contribution in [0.2, 0.25) is 0 Å². The Morgan fingerprint density at radius 1 is 0.627 bits per heavy atom. The highest BCUT2D eigenvalue weighted by Crippen LogP contribution is 2.35. The number of hydrogen-bond acceptors (Lipinski definition) is 11. The van der Waals surface area contributed by atoms with Gasteiger partial charge in [-0.25, -0.2) is 19.2 Å². The van der Waals surface area contributed by atoms with Crippen LogP contribution in [0, 0.1) is 22.7 Å². The smallest absolute Gasteiger partial charge is 0.335 e. The van der Waals surface area contributed by atoms with E-state index in [0.29, 0.717) is 25.7 Å². The van der Waals surface area contributed by atoms with E-state index in [2.05, 4.69) is 6.92 Å². The van der Waals surface area contributed by atoms with Crippen molar-refractivity contribution in [1.82, 2.24) is 0 Å². The number of hydrogen-bond donors (Lipinski definition) is 11. The van der Waals surface area contributed by atoms with Gasteiger partial charge in [0.1, 0.15) is 0 Å². The van der Waals surface area contributed by atoms with Crippen LogP contribution >= 0.6 is 0 Å². The minimum atomic E-state index is -1.38. The molecule has 2 unspecified atom stereocenters. The lowest BCUT2D eigenvalue weighted by atomic mass is 9.76. The van der Waals surface area contributed by atoms with Gasteiger partial charge in [-0.1, -0.05) is 39.7 Å². The number of aliphatic hydroxyl groups excluding tert-OH is 5. The normalized spacial score (nSPS) is 12.6. The average Bonchev–Trinajstić information content (AvgIpc) is 3.07. The van der Waals surface area contributed by atoms with Crippen molar-refractivity contribution in [2.24, 2.45) is 22.7 Å². The van der Waals surface area contributed by atoms with E-state index in [1.54, 1.807) is 0 Å². The molecule has 0 bridgehead atoms. The van der Waals surface area contributed by atoms with E-state index in [0.717, 1.165) is 31.7 Å². The standard InChI is InChI=1S/C20H42O7.2C8H6O4/c1-15(11-19(2,3)18(26)27)10-16(6-4-5-7-17(24)25)8-9-20(12-21,13-22)14-23;9-7(10)5-1-2-6(4-3-5)8(11)12;9-7(10)5-2-1-3-6(4-5)8(11)12/h15-18,21-27H,4-14H2,1-3H3;2*1-4H,(H,9,10)(H,11,12). The SMILES string of the molecule is CC(CC(CCCCC(O)O)CCC(CO)(CO)CO)CC(C)(C)C(O)O.O=C(O)c1ccc(C(=O)O)cc1.O=C(O)c1cccc(C(=O)O)c1. The second-order valence-electron chi connectivity index (χ2n) is 13.4. The van der Waals surface area contributed by atoms with Gasteiger partial charge in [0.15, 0.2) is 12.6 Å². The van der Waals surface area contributed by atoms with Crippen LogP contribution < -0.4 is 0 Å². The molecule has 0 fully saturated rings. The Morgan fingerprint density at radius 3 is 1.39 bits per heavy atom. The maximum atomic E-state index is 10.4. The van der Waals surface area contributed by atoms with Crippen LogP contribution in [0.15, 0.2) is 48.5 Å². The predicted octanol–water partition coefficient (Wildman–Crippen LogP) is 3.14. The van der Waals surface area contributed by atoms with Crippen molar-refractivity contribution in [3.8, 4) is 0 Å². The molecule has 0 saturated carbocycles. The van der Waals surface area contributed by atoms with Crippen LogP contribution in [0.5, 0.6) is 0 Å². The van der Waals surface area contributed by atoms with Crippen molar-refractivity contribution < 1.29 is 75.3 Å². The topological polar surface area (TPSA) is 291 Å². The fourth-order valence-corrected chi connectivity index (χ4v) is 5.23. The van der Waals surface area contributed by atoms with Gasteiger partial charge in [0, 0.05) is 10.8 Å². The van der Waals surface area contributed by atoms with Gasteiger partial charge < -0.3 is 56.2 Å². The maximum Gasteiger partial charge on any atom is 0.335 e. The zero-order valence-corrected chi connectivity index (χ0v) is 29.3. The molecule has 0 aliphatic heterocycles. The van der Waals surface area contributed by atoms with Gasteiger partial charge in [0.05, 0.1) is 42.1 Å². The molecular formula is C36H54O15. The van der Waals surface area contributed by atoms with Crippen LogP contribution in [0.25, 0.3) is 0 Å². The molecule has 2 aromatic carbocycles. The van der Waals surface area contributed by atoms with Crippen LogP contribution in [0.4, 0.5) is 0 Å². The highest BCUT2D eigenvalue weighted by molar-refractivity contribution is 5.93. The maximum absolute atomic E-state index is 10.4. The van der Waals surface area contributed by atoms with E-state index in [1.165, 1.54) is 42.5 Å². The molecule has 2 atom stereocenters. The first-order chi connectivity index (χ1) is 23.7. The number of carbonyl (C=O) groups is 4. The predicted molar refractivity (Wildman–Crippen MR) is 184 cm³/mol. The molecule has 288 valence electrons. The van der Waals surface area contributed by atoms with Gasteiger partial charge in [0.2, 0.25) is 0 Å². The molecule has 0 amide bonds. The summed E-state index contributed by atoms with van der Waals surface area (Å²) < 4.78 is 0. The van der Waals surface area contributed by atoms with E-state index in [1.807, 2.05) is 13.8 Å². The summed E-state index contributed by atoms with van der Waals surface area (Å²) >= 11 is 0. The van der Waals surface area contributed by atoms with Crippen molar-refractivity contribution in [2.45, 2.75) is 84.7 Å². The van der Waals surface area contributed by atoms with Gasteiger partial charge in [-0.05, 0) is 92.8 Å². The summed E-state index contributed by atoms with van der Waals surface area (Å²) in [6, 6.07) is 10.2. The minimum Gasteiger partial charge on any atom is -0.478 e. The van der Waals surface area contributed by atoms with Crippen LogP contribution in [0.1, 0.15) is 114 Å². The Labute approximate surface area is 297 Å². The van der Waals surface area contributed by atoms with Crippen molar-refractivity contribution >= 4 is 23.9 Å². The molecule has 0 aliphatic carbocycles. The molecule has 0 aliphatic rings. The average molecular weight is 727 g/mol. The molecule has 0 heterocycles. The largest absolute Gasteiger partial charge is 0.478 e. The molecule has 15 nitrogen and oxygen atoms in total. The van der Waals surface area contributed by atoms with Crippen molar-refractivity contribution in [3.05, 3.63) is 70.8 Å². The Morgan fingerprint density at radius 2 is 1.04 bits per heavy atom. The third-order valence-corrected chi connectivity index (χ3v) is 8.46. The molecule has 0 saturated heterocycles. The van der Waals surface area contributed by atoms with Gasteiger partial charge >= 0.3 is 23.9 Å². The Hall–Kier alpha value is -3.96. The first-order valence-corrected chi connectivity index (χ1v) is 16.4. The van der Waals surface area contributed by atoms with Crippen molar-refractivity contribution in [2.75, 3.05) is 19.8 Å². The quantitative estimate of drug-likeness (QED) is 0.0690. The molecule has 11 N–H and O–H groups in total. The van der Waals surface area contributed by atoms with Gasteiger partial charge in [-0.15, -0.1) is 0 Å². The summed E-state index contributed by atoms with van der Waals surface area (Å²) in [5.74, 6) is -3.84. The molecular weight excluding hydrogens is 672 g/mol. The Balaban J connectivity index is 0.000000849. The lowest BCUT2D eigenvalue weighted by molar-refractivity contribution is -0.128.